The summed E-state index contributed by atoms with van der Waals surface area (Å²) in [5, 5.41) is 10.9. The fraction of sp³-hybridized carbons (Fsp3) is 0.600. The molecule has 0 bridgehead atoms. The van der Waals surface area contributed by atoms with Crippen molar-refractivity contribution in [1.82, 2.24) is 4.90 Å². The fourth-order valence-corrected chi connectivity index (χ4v) is 2.61. The highest BCUT2D eigenvalue weighted by Crippen LogP contribution is 2.33. The van der Waals surface area contributed by atoms with Crippen LogP contribution >= 0.6 is 11.6 Å². The highest BCUT2D eigenvalue weighted by molar-refractivity contribution is 6.32. The Labute approximate surface area is 124 Å². The van der Waals surface area contributed by atoms with E-state index in [0.29, 0.717) is 16.9 Å². The number of aliphatic hydroxyl groups excluding tert-OH is 1. The van der Waals surface area contributed by atoms with Crippen molar-refractivity contribution in [3.63, 3.8) is 0 Å². The quantitative estimate of drug-likeness (QED) is 0.842. The lowest BCUT2D eigenvalue weighted by Crippen LogP contribution is -2.47. The normalized spacial score (nSPS) is 22.1. The van der Waals surface area contributed by atoms with Gasteiger partial charge in [0.2, 0.25) is 0 Å². The maximum absolute atomic E-state index is 10.3. The number of likely N-dealkylation sites (tertiary alicyclic amines) is 1. The first-order valence-corrected chi connectivity index (χ1v) is 7.63. The molecule has 0 amide bonds. The molecule has 0 radical (unpaired) electrons. The zero-order valence-corrected chi connectivity index (χ0v) is 12.2. The minimum absolute atomic E-state index is 0.290. The van der Waals surface area contributed by atoms with Crippen molar-refractivity contribution in [2.75, 3.05) is 19.6 Å². The number of aliphatic hydroxyl groups is 1. The van der Waals surface area contributed by atoms with Crippen LogP contribution in [0.3, 0.4) is 0 Å². The van der Waals surface area contributed by atoms with Gasteiger partial charge in [0, 0.05) is 12.6 Å². The Kier molecular flexibility index (Phi) is 4.17. The third kappa shape index (κ3) is 3.26. The highest BCUT2D eigenvalue weighted by Gasteiger charge is 2.26. The lowest BCUT2D eigenvalue weighted by atomic mass is 10.0. The van der Waals surface area contributed by atoms with Crippen LogP contribution in [0.2, 0.25) is 5.02 Å². The largest absolute Gasteiger partial charge is 0.489 e. The van der Waals surface area contributed by atoms with Gasteiger partial charge < -0.3 is 20.5 Å². The summed E-state index contributed by atoms with van der Waals surface area (Å²) in [6, 6.07) is 5.15. The molecule has 0 spiro atoms. The van der Waals surface area contributed by atoms with Crippen LogP contribution in [-0.2, 0) is 0 Å². The highest BCUT2D eigenvalue weighted by atomic mass is 35.5. The summed E-state index contributed by atoms with van der Waals surface area (Å²) in [6.07, 6.45) is 3.05. The smallest absolute Gasteiger partial charge is 0.138 e. The lowest BCUT2D eigenvalue weighted by molar-refractivity contribution is 0.0955. The van der Waals surface area contributed by atoms with E-state index < -0.39 is 6.10 Å². The van der Waals surface area contributed by atoms with Gasteiger partial charge in [0.05, 0.1) is 17.2 Å². The van der Waals surface area contributed by atoms with Crippen LogP contribution < -0.4 is 10.5 Å². The second kappa shape index (κ2) is 5.90. The molecule has 1 aromatic carbocycles. The van der Waals surface area contributed by atoms with E-state index in [0.717, 1.165) is 38.0 Å². The van der Waals surface area contributed by atoms with Crippen molar-refractivity contribution < 1.29 is 9.84 Å². The van der Waals surface area contributed by atoms with E-state index >= 15 is 0 Å². The first-order chi connectivity index (χ1) is 9.63. The average molecular weight is 297 g/mol. The molecule has 3 N–H and O–H groups in total. The number of benzene rings is 1. The molecular formula is C15H21ClN2O2. The predicted octanol–water partition coefficient (Wildman–Crippen LogP) is 1.95. The number of nitrogens with two attached hydrogens (primary N) is 1. The molecule has 1 aromatic rings. The summed E-state index contributed by atoms with van der Waals surface area (Å²) in [5.41, 5.74) is 6.83. The number of ether oxygens (including phenoxy) is 1. The molecule has 1 aliphatic heterocycles. The number of nitrogens with zero attached hydrogens (tertiary/aromatic N) is 1. The molecular weight excluding hydrogens is 276 g/mol. The average Bonchev–Trinajstić information content (AvgIpc) is 3.19. The molecule has 20 heavy (non-hydrogen) atoms. The van der Waals surface area contributed by atoms with Crippen LogP contribution in [0.15, 0.2) is 18.2 Å². The van der Waals surface area contributed by atoms with Crippen LogP contribution in [0.4, 0.5) is 0 Å². The van der Waals surface area contributed by atoms with Crippen LogP contribution in [0, 0.1) is 0 Å². The number of halogens is 1. The molecule has 0 unspecified atom stereocenters. The van der Waals surface area contributed by atoms with Gasteiger partial charge in [-0.05, 0) is 50.0 Å². The van der Waals surface area contributed by atoms with Crippen molar-refractivity contribution in [3.05, 3.63) is 28.8 Å². The topological polar surface area (TPSA) is 58.7 Å². The van der Waals surface area contributed by atoms with Crippen LogP contribution in [0.1, 0.15) is 30.9 Å². The van der Waals surface area contributed by atoms with Crippen LogP contribution in [0.5, 0.6) is 5.75 Å². The minimum atomic E-state index is -0.692. The first-order valence-electron chi connectivity index (χ1n) is 7.25. The molecule has 1 heterocycles. The molecule has 2 fully saturated rings. The summed E-state index contributed by atoms with van der Waals surface area (Å²) in [6.45, 7) is 2.88. The van der Waals surface area contributed by atoms with Crippen LogP contribution in [0.25, 0.3) is 0 Å². The van der Waals surface area contributed by atoms with Gasteiger partial charge in [-0.25, -0.2) is 0 Å². The van der Waals surface area contributed by atoms with Crippen molar-refractivity contribution in [2.45, 2.75) is 37.5 Å². The molecule has 3 rings (SSSR count). The molecule has 1 saturated carbocycles. The molecule has 2 aliphatic rings. The Morgan fingerprint density at radius 1 is 1.40 bits per heavy atom. The van der Waals surface area contributed by atoms with Crippen molar-refractivity contribution in [1.29, 1.82) is 0 Å². The zero-order valence-electron chi connectivity index (χ0n) is 11.5. The second-order valence-electron chi connectivity index (χ2n) is 5.77. The molecule has 5 heteroatoms. The van der Waals surface area contributed by atoms with Gasteiger partial charge in [0.1, 0.15) is 5.75 Å². The SMILES string of the molecule is N[C@H](CN1CCC1)[C@H](O)c1ccc(OC2CC2)c(Cl)c1. The summed E-state index contributed by atoms with van der Waals surface area (Å²) in [5.74, 6) is 0.696. The summed E-state index contributed by atoms with van der Waals surface area (Å²) < 4.78 is 5.69. The van der Waals surface area contributed by atoms with E-state index in [1.807, 2.05) is 12.1 Å². The number of hydrogen-bond donors (Lipinski definition) is 2. The van der Waals surface area contributed by atoms with E-state index in [-0.39, 0.29) is 6.04 Å². The monoisotopic (exact) mass is 296 g/mol. The van der Waals surface area contributed by atoms with Gasteiger partial charge >= 0.3 is 0 Å². The third-order valence-electron chi connectivity index (χ3n) is 3.94. The van der Waals surface area contributed by atoms with Gasteiger partial charge in [-0.3, -0.25) is 0 Å². The molecule has 110 valence electrons. The Morgan fingerprint density at radius 2 is 2.15 bits per heavy atom. The van der Waals surface area contributed by atoms with Crippen LogP contribution in [-0.4, -0.2) is 41.8 Å². The van der Waals surface area contributed by atoms with Crippen molar-refractivity contribution in [2.24, 2.45) is 5.73 Å². The van der Waals surface area contributed by atoms with Gasteiger partial charge in [-0.1, -0.05) is 17.7 Å². The van der Waals surface area contributed by atoms with E-state index in [9.17, 15) is 5.11 Å². The maximum Gasteiger partial charge on any atom is 0.138 e. The Hall–Kier alpha value is -0.810. The summed E-state index contributed by atoms with van der Waals surface area (Å²) in [7, 11) is 0. The summed E-state index contributed by atoms with van der Waals surface area (Å²) in [4.78, 5) is 2.25. The molecule has 0 aromatic heterocycles. The molecule has 2 atom stereocenters. The predicted molar refractivity (Wildman–Crippen MR) is 79.1 cm³/mol. The van der Waals surface area contributed by atoms with Gasteiger partial charge in [-0.2, -0.15) is 0 Å². The first kappa shape index (κ1) is 14.1. The van der Waals surface area contributed by atoms with E-state index in [2.05, 4.69) is 4.90 Å². The summed E-state index contributed by atoms with van der Waals surface area (Å²) >= 11 is 6.21. The Balaban J connectivity index is 1.63. The van der Waals surface area contributed by atoms with Gasteiger partial charge in [0.15, 0.2) is 0 Å². The van der Waals surface area contributed by atoms with Crippen molar-refractivity contribution >= 4 is 11.6 Å². The fourth-order valence-electron chi connectivity index (χ4n) is 2.37. The maximum atomic E-state index is 10.3. The Bertz CT molecular complexity index is 475. The zero-order chi connectivity index (χ0) is 14.1. The van der Waals surface area contributed by atoms with Crippen molar-refractivity contribution in [3.8, 4) is 5.75 Å². The third-order valence-corrected chi connectivity index (χ3v) is 4.23. The van der Waals surface area contributed by atoms with E-state index in [4.69, 9.17) is 22.1 Å². The van der Waals surface area contributed by atoms with Gasteiger partial charge in [-0.15, -0.1) is 0 Å². The minimum Gasteiger partial charge on any atom is -0.489 e. The number of hydrogen-bond acceptors (Lipinski definition) is 4. The molecule has 1 aliphatic carbocycles. The van der Waals surface area contributed by atoms with Gasteiger partial charge in [0.25, 0.3) is 0 Å². The standard InChI is InChI=1S/C15H21ClN2O2/c16-12-8-10(2-5-14(12)20-11-3-4-11)15(19)13(17)9-18-6-1-7-18/h2,5,8,11,13,15,19H,1,3-4,6-7,9,17H2/t13-,15-/m1/s1. The van der Waals surface area contributed by atoms with E-state index in [1.54, 1.807) is 6.07 Å². The molecule has 4 nitrogen and oxygen atoms in total. The lowest BCUT2D eigenvalue weighted by Gasteiger charge is -2.34. The second-order valence-corrected chi connectivity index (χ2v) is 6.18. The van der Waals surface area contributed by atoms with E-state index in [1.165, 1.54) is 6.42 Å². The number of rotatable bonds is 6. The molecule has 1 saturated heterocycles. The Morgan fingerprint density at radius 3 is 2.70 bits per heavy atom.